The standard InChI is InChI=1S/C16H26N2O3S/c1-11(2)6-8-13(4)18-16(19)15-10-14(9-7-12(15)3)22(20,21)17-5/h7,9-11,13,17H,6,8H2,1-5H3,(H,18,19). The number of nitrogens with one attached hydrogen (secondary N) is 2. The van der Waals surface area contributed by atoms with E-state index in [1.165, 1.54) is 19.2 Å². The van der Waals surface area contributed by atoms with Crippen LogP contribution in [0.3, 0.4) is 0 Å². The second-order valence-corrected chi connectivity index (χ2v) is 7.92. The van der Waals surface area contributed by atoms with Crippen molar-refractivity contribution in [3.8, 4) is 0 Å². The van der Waals surface area contributed by atoms with Crippen LogP contribution in [0.25, 0.3) is 0 Å². The minimum Gasteiger partial charge on any atom is -0.350 e. The van der Waals surface area contributed by atoms with Crippen LogP contribution in [0.5, 0.6) is 0 Å². The molecule has 1 rings (SSSR count). The van der Waals surface area contributed by atoms with Gasteiger partial charge in [0.1, 0.15) is 0 Å². The zero-order valence-electron chi connectivity index (χ0n) is 13.9. The summed E-state index contributed by atoms with van der Waals surface area (Å²) in [5.41, 5.74) is 1.15. The summed E-state index contributed by atoms with van der Waals surface area (Å²) in [4.78, 5) is 12.5. The minimum absolute atomic E-state index is 0.0545. The number of benzene rings is 1. The van der Waals surface area contributed by atoms with Crippen LogP contribution >= 0.6 is 0 Å². The zero-order valence-corrected chi connectivity index (χ0v) is 14.8. The van der Waals surface area contributed by atoms with E-state index in [0.717, 1.165) is 18.4 Å². The van der Waals surface area contributed by atoms with Gasteiger partial charge in [0, 0.05) is 11.6 Å². The number of amides is 1. The van der Waals surface area contributed by atoms with Crippen LogP contribution in [0.4, 0.5) is 0 Å². The monoisotopic (exact) mass is 326 g/mol. The molecule has 2 N–H and O–H groups in total. The molecule has 1 atom stereocenters. The highest BCUT2D eigenvalue weighted by molar-refractivity contribution is 7.89. The quantitative estimate of drug-likeness (QED) is 0.808. The van der Waals surface area contributed by atoms with E-state index >= 15 is 0 Å². The molecule has 124 valence electrons. The van der Waals surface area contributed by atoms with Gasteiger partial charge in [-0.25, -0.2) is 13.1 Å². The van der Waals surface area contributed by atoms with Gasteiger partial charge in [-0.15, -0.1) is 0 Å². The van der Waals surface area contributed by atoms with Gasteiger partial charge in [0.15, 0.2) is 0 Å². The molecule has 0 spiro atoms. The third-order valence-corrected chi connectivity index (χ3v) is 5.00. The van der Waals surface area contributed by atoms with E-state index in [2.05, 4.69) is 23.9 Å². The highest BCUT2D eigenvalue weighted by Crippen LogP contribution is 2.16. The van der Waals surface area contributed by atoms with Crippen LogP contribution in [0.15, 0.2) is 23.1 Å². The normalized spacial score (nSPS) is 13.2. The second-order valence-electron chi connectivity index (χ2n) is 6.03. The van der Waals surface area contributed by atoms with E-state index in [1.54, 1.807) is 13.0 Å². The van der Waals surface area contributed by atoms with Crippen molar-refractivity contribution >= 4 is 15.9 Å². The fourth-order valence-corrected chi connectivity index (χ4v) is 2.84. The smallest absolute Gasteiger partial charge is 0.251 e. The molecule has 0 saturated carbocycles. The third kappa shape index (κ3) is 5.10. The van der Waals surface area contributed by atoms with Gasteiger partial charge >= 0.3 is 0 Å². The Bertz CT molecular complexity index is 624. The molecule has 0 saturated heterocycles. The van der Waals surface area contributed by atoms with Crippen LogP contribution in [0.2, 0.25) is 0 Å². The lowest BCUT2D eigenvalue weighted by molar-refractivity contribution is 0.0936. The van der Waals surface area contributed by atoms with Crippen molar-refractivity contribution in [3.05, 3.63) is 29.3 Å². The number of hydrogen-bond donors (Lipinski definition) is 2. The Morgan fingerprint density at radius 1 is 1.18 bits per heavy atom. The van der Waals surface area contributed by atoms with Gasteiger partial charge in [-0.3, -0.25) is 4.79 Å². The van der Waals surface area contributed by atoms with Gasteiger partial charge in [-0.2, -0.15) is 0 Å². The lowest BCUT2D eigenvalue weighted by atomic mass is 10.0. The van der Waals surface area contributed by atoms with Crippen molar-refractivity contribution < 1.29 is 13.2 Å². The van der Waals surface area contributed by atoms with Crippen molar-refractivity contribution in [2.45, 2.75) is 51.5 Å². The average molecular weight is 326 g/mol. The maximum Gasteiger partial charge on any atom is 0.251 e. The summed E-state index contributed by atoms with van der Waals surface area (Å²) < 4.78 is 25.9. The molecule has 0 aliphatic carbocycles. The van der Waals surface area contributed by atoms with E-state index in [-0.39, 0.29) is 16.8 Å². The molecule has 5 nitrogen and oxygen atoms in total. The molecule has 1 unspecified atom stereocenters. The molecule has 0 aliphatic heterocycles. The van der Waals surface area contributed by atoms with Gasteiger partial charge in [-0.05, 0) is 57.4 Å². The summed E-state index contributed by atoms with van der Waals surface area (Å²) >= 11 is 0. The Balaban J connectivity index is 2.91. The Hall–Kier alpha value is -1.40. The maximum absolute atomic E-state index is 12.4. The Morgan fingerprint density at radius 2 is 1.82 bits per heavy atom. The van der Waals surface area contributed by atoms with E-state index in [1.807, 2.05) is 6.92 Å². The van der Waals surface area contributed by atoms with Crippen molar-refractivity contribution in [1.82, 2.24) is 10.0 Å². The number of carbonyl (C=O) groups is 1. The van der Waals surface area contributed by atoms with Crippen LogP contribution < -0.4 is 10.0 Å². The Morgan fingerprint density at radius 3 is 2.36 bits per heavy atom. The molecule has 0 heterocycles. The van der Waals surface area contributed by atoms with Crippen molar-refractivity contribution in [2.75, 3.05) is 7.05 Å². The van der Waals surface area contributed by atoms with Crippen LogP contribution in [-0.4, -0.2) is 27.4 Å². The van der Waals surface area contributed by atoms with E-state index in [4.69, 9.17) is 0 Å². The summed E-state index contributed by atoms with van der Waals surface area (Å²) in [6.45, 7) is 8.04. The Labute approximate surface area is 133 Å². The van der Waals surface area contributed by atoms with E-state index < -0.39 is 10.0 Å². The molecule has 0 radical (unpaired) electrons. The maximum atomic E-state index is 12.4. The number of rotatable bonds is 7. The molecule has 0 bridgehead atoms. The number of carbonyl (C=O) groups excluding carboxylic acids is 1. The first-order valence-corrected chi connectivity index (χ1v) is 9.00. The first kappa shape index (κ1) is 18.6. The Kier molecular flexibility index (Phi) is 6.56. The first-order chi connectivity index (χ1) is 10.2. The molecule has 0 aromatic heterocycles. The van der Waals surface area contributed by atoms with E-state index in [0.29, 0.717) is 11.5 Å². The van der Waals surface area contributed by atoms with Crippen LogP contribution in [-0.2, 0) is 10.0 Å². The molecule has 22 heavy (non-hydrogen) atoms. The average Bonchev–Trinajstić information content (AvgIpc) is 2.45. The lowest BCUT2D eigenvalue weighted by Crippen LogP contribution is -2.33. The fourth-order valence-electron chi connectivity index (χ4n) is 2.09. The van der Waals surface area contributed by atoms with Crippen LogP contribution in [0, 0.1) is 12.8 Å². The summed E-state index contributed by atoms with van der Waals surface area (Å²) in [7, 11) is -2.20. The zero-order chi connectivity index (χ0) is 16.9. The molecule has 0 fully saturated rings. The highest BCUT2D eigenvalue weighted by Gasteiger charge is 2.17. The molecule has 1 amide bonds. The third-order valence-electron chi connectivity index (χ3n) is 3.59. The molecular formula is C16H26N2O3S. The van der Waals surface area contributed by atoms with Crippen molar-refractivity contribution in [3.63, 3.8) is 0 Å². The predicted molar refractivity (Wildman–Crippen MR) is 88.4 cm³/mol. The summed E-state index contributed by atoms with van der Waals surface area (Å²) in [5, 5.41) is 2.93. The second kappa shape index (κ2) is 7.74. The van der Waals surface area contributed by atoms with Crippen molar-refractivity contribution in [2.24, 2.45) is 5.92 Å². The number of aryl methyl sites for hydroxylation is 1. The largest absolute Gasteiger partial charge is 0.350 e. The molecule has 1 aromatic carbocycles. The van der Waals surface area contributed by atoms with Gasteiger partial charge < -0.3 is 5.32 Å². The SMILES string of the molecule is CNS(=O)(=O)c1ccc(C)c(C(=O)NC(C)CCC(C)C)c1. The van der Waals surface area contributed by atoms with Gasteiger partial charge in [0.25, 0.3) is 5.91 Å². The summed E-state index contributed by atoms with van der Waals surface area (Å²) in [6, 6.07) is 4.63. The lowest BCUT2D eigenvalue weighted by Gasteiger charge is -2.16. The first-order valence-electron chi connectivity index (χ1n) is 7.52. The number of hydrogen-bond acceptors (Lipinski definition) is 3. The molecular weight excluding hydrogens is 300 g/mol. The minimum atomic E-state index is -3.55. The fraction of sp³-hybridized carbons (Fsp3) is 0.562. The van der Waals surface area contributed by atoms with E-state index in [9.17, 15) is 13.2 Å². The summed E-state index contributed by atoms with van der Waals surface area (Å²) in [6.07, 6.45) is 1.94. The molecule has 1 aromatic rings. The topological polar surface area (TPSA) is 75.3 Å². The molecule has 0 aliphatic rings. The highest BCUT2D eigenvalue weighted by atomic mass is 32.2. The number of sulfonamides is 1. The van der Waals surface area contributed by atoms with Crippen LogP contribution in [0.1, 0.15) is 49.5 Å². The van der Waals surface area contributed by atoms with Crippen molar-refractivity contribution in [1.29, 1.82) is 0 Å². The van der Waals surface area contributed by atoms with Gasteiger partial charge in [0.2, 0.25) is 10.0 Å². The van der Waals surface area contributed by atoms with Gasteiger partial charge in [0.05, 0.1) is 4.90 Å². The summed E-state index contributed by atoms with van der Waals surface area (Å²) in [5.74, 6) is 0.354. The molecule has 6 heteroatoms. The predicted octanol–water partition coefficient (Wildman–Crippen LogP) is 2.46. The van der Waals surface area contributed by atoms with Gasteiger partial charge in [-0.1, -0.05) is 19.9 Å².